The number of sulfonamides is 1. The lowest BCUT2D eigenvalue weighted by Crippen LogP contribution is -2.54. The van der Waals surface area contributed by atoms with E-state index in [1.165, 1.54) is 0 Å². The van der Waals surface area contributed by atoms with E-state index in [-0.39, 0.29) is 42.5 Å². The number of fused-ring (bicyclic) bond motifs is 1. The van der Waals surface area contributed by atoms with Crippen LogP contribution in [-0.2, 0) is 26.8 Å². The van der Waals surface area contributed by atoms with Gasteiger partial charge in [-0.2, -0.15) is 26.3 Å². The van der Waals surface area contributed by atoms with Gasteiger partial charge in [-0.05, 0) is 60.7 Å². The topological polar surface area (TPSA) is 86.7 Å². The van der Waals surface area contributed by atoms with Gasteiger partial charge in [-0.15, -0.1) is 0 Å². The Morgan fingerprint density at radius 3 is 2.16 bits per heavy atom. The number of hydrogen-bond donors (Lipinski definition) is 2. The van der Waals surface area contributed by atoms with Crippen molar-refractivity contribution < 1.29 is 49.1 Å². The van der Waals surface area contributed by atoms with Crippen LogP contribution >= 0.6 is 0 Å². The maximum Gasteiger partial charge on any atom is 0.430 e. The highest BCUT2D eigenvalue weighted by atomic mass is 32.2. The first-order valence-electron chi connectivity index (χ1n) is 13.2. The van der Waals surface area contributed by atoms with Crippen LogP contribution in [0.25, 0.3) is 0 Å². The molecule has 3 aromatic carbocycles. The van der Waals surface area contributed by atoms with Crippen LogP contribution in [0.15, 0.2) is 77.7 Å². The first-order valence-corrected chi connectivity index (χ1v) is 14.6. The molecule has 43 heavy (non-hydrogen) atoms. The molecule has 5 rings (SSSR count). The Bertz CT molecular complexity index is 1600. The summed E-state index contributed by atoms with van der Waals surface area (Å²) in [6, 6.07) is 13.4. The normalized spacial score (nSPS) is 20.8. The van der Waals surface area contributed by atoms with E-state index >= 15 is 0 Å². The van der Waals surface area contributed by atoms with Crippen molar-refractivity contribution in [1.82, 2.24) is 5.32 Å². The third-order valence-electron chi connectivity index (χ3n) is 7.79. The first-order chi connectivity index (χ1) is 20.0. The van der Waals surface area contributed by atoms with Crippen molar-refractivity contribution in [2.75, 3.05) is 4.31 Å². The van der Waals surface area contributed by atoms with Gasteiger partial charge in [0.05, 0.1) is 16.6 Å². The number of nitrogens with zero attached hydrogens (tertiary/aromatic N) is 1. The molecule has 14 heteroatoms. The molecule has 0 spiro atoms. The number of rotatable bonds is 7. The van der Waals surface area contributed by atoms with Crippen molar-refractivity contribution in [3.8, 4) is 0 Å². The minimum Gasteiger partial charge on any atom is -0.369 e. The second-order valence-corrected chi connectivity index (χ2v) is 12.4. The number of anilines is 1. The highest BCUT2D eigenvalue weighted by molar-refractivity contribution is 7.92. The number of carbonyl (C=O) groups excluding carboxylic acids is 1. The number of hydrogen-bond acceptors (Lipinski definition) is 4. The van der Waals surface area contributed by atoms with Crippen LogP contribution in [0, 0.1) is 5.82 Å². The molecule has 1 aliphatic heterocycles. The van der Waals surface area contributed by atoms with E-state index in [0.29, 0.717) is 18.6 Å². The summed E-state index contributed by atoms with van der Waals surface area (Å²) < 4.78 is 123. The first kappa shape index (κ1) is 30.8. The van der Waals surface area contributed by atoms with Gasteiger partial charge in [-0.3, -0.25) is 9.10 Å². The number of carbonyl (C=O) groups is 1. The third kappa shape index (κ3) is 5.69. The fourth-order valence-corrected chi connectivity index (χ4v) is 7.20. The molecule has 6 nitrogen and oxygen atoms in total. The Morgan fingerprint density at radius 2 is 1.56 bits per heavy atom. The Hall–Kier alpha value is -3.65. The summed E-state index contributed by atoms with van der Waals surface area (Å²) in [5, 5.41) is 12.7. The monoisotopic (exact) mass is 630 g/mol. The molecular weight excluding hydrogens is 605 g/mol. The van der Waals surface area contributed by atoms with Crippen molar-refractivity contribution in [3.63, 3.8) is 0 Å². The van der Waals surface area contributed by atoms with E-state index < -0.39 is 56.2 Å². The summed E-state index contributed by atoms with van der Waals surface area (Å²) in [7, 11) is -4.58. The van der Waals surface area contributed by atoms with E-state index in [1.807, 2.05) is 30.3 Å². The van der Waals surface area contributed by atoms with E-state index in [2.05, 4.69) is 5.32 Å². The molecule has 1 fully saturated rings. The lowest BCUT2D eigenvalue weighted by Gasteiger charge is -2.39. The molecule has 0 aromatic heterocycles. The maximum absolute atomic E-state index is 13.8. The maximum atomic E-state index is 13.8. The van der Waals surface area contributed by atoms with Crippen LogP contribution in [0.4, 0.5) is 36.4 Å². The molecular formula is C29H25F7N2O4S. The van der Waals surface area contributed by atoms with Crippen molar-refractivity contribution in [1.29, 1.82) is 0 Å². The predicted molar refractivity (Wildman–Crippen MR) is 141 cm³/mol. The molecule has 230 valence electrons. The zero-order chi connectivity index (χ0) is 31.4. The Labute approximate surface area is 242 Å². The number of aliphatic hydroxyl groups is 1. The molecule has 2 aliphatic rings. The molecule has 1 heterocycles. The summed E-state index contributed by atoms with van der Waals surface area (Å²) in [4.78, 5) is 12.6. The van der Waals surface area contributed by atoms with Gasteiger partial charge in [0.15, 0.2) is 0 Å². The Kier molecular flexibility index (Phi) is 7.74. The number of amides is 1. The van der Waals surface area contributed by atoms with Crippen molar-refractivity contribution in [2.24, 2.45) is 0 Å². The Morgan fingerprint density at radius 1 is 0.930 bits per heavy atom. The number of alkyl halides is 6. The van der Waals surface area contributed by atoms with E-state index in [0.717, 1.165) is 40.2 Å². The molecule has 0 bridgehead atoms. The number of nitrogens with one attached hydrogen (secondary N) is 1. The minimum atomic E-state index is -6.13. The summed E-state index contributed by atoms with van der Waals surface area (Å²) in [6.07, 6.45) is -12.3. The smallest absolute Gasteiger partial charge is 0.369 e. The fourth-order valence-electron chi connectivity index (χ4n) is 5.48. The summed E-state index contributed by atoms with van der Waals surface area (Å²) in [5.41, 5.74) is -6.17. The molecule has 3 atom stereocenters. The number of halogens is 7. The molecule has 3 unspecified atom stereocenters. The van der Waals surface area contributed by atoms with Gasteiger partial charge in [0.2, 0.25) is 5.91 Å². The van der Waals surface area contributed by atoms with Gasteiger partial charge in [0.1, 0.15) is 5.82 Å². The largest absolute Gasteiger partial charge is 0.430 e. The summed E-state index contributed by atoms with van der Waals surface area (Å²) >= 11 is 0. The number of aryl methyl sites for hydroxylation is 1. The summed E-state index contributed by atoms with van der Waals surface area (Å²) in [6.45, 7) is 0. The van der Waals surface area contributed by atoms with E-state index in [1.54, 1.807) is 0 Å². The highest BCUT2D eigenvalue weighted by Crippen LogP contribution is 2.51. The second kappa shape index (κ2) is 10.8. The van der Waals surface area contributed by atoms with E-state index in [9.17, 15) is 49.1 Å². The molecule has 1 amide bonds. The van der Waals surface area contributed by atoms with E-state index in [4.69, 9.17) is 0 Å². The molecule has 0 saturated heterocycles. The third-order valence-corrected chi connectivity index (χ3v) is 9.67. The van der Waals surface area contributed by atoms with Crippen molar-refractivity contribution >= 4 is 21.6 Å². The lowest BCUT2D eigenvalue weighted by molar-refractivity contribution is -0.376. The molecule has 1 aliphatic carbocycles. The van der Waals surface area contributed by atoms with Crippen LogP contribution in [0.5, 0.6) is 0 Å². The molecule has 0 radical (unpaired) electrons. The molecule has 1 saturated carbocycles. The van der Waals surface area contributed by atoms with Crippen LogP contribution in [0.2, 0.25) is 0 Å². The second-order valence-electron chi connectivity index (χ2n) is 10.6. The van der Waals surface area contributed by atoms with Crippen LogP contribution in [-0.4, -0.2) is 43.9 Å². The quantitative estimate of drug-likeness (QED) is 0.328. The van der Waals surface area contributed by atoms with Gasteiger partial charge in [-0.25, -0.2) is 12.8 Å². The van der Waals surface area contributed by atoms with Crippen LogP contribution in [0.3, 0.4) is 0 Å². The zero-order valence-electron chi connectivity index (χ0n) is 22.2. The van der Waals surface area contributed by atoms with Crippen molar-refractivity contribution in [3.05, 3.63) is 95.3 Å². The highest BCUT2D eigenvalue weighted by Gasteiger charge is 2.71. The SMILES string of the molecule is O=C(CC1CCc2cc(C(O)(C(F)(F)F)C(F)(F)F)ccc2N1S(=O)(=O)c1ccc(F)cc1)NC1CC1c1ccccc1. The van der Waals surface area contributed by atoms with Crippen LogP contribution in [0.1, 0.15) is 41.9 Å². The van der Waals surface area contributed by atoms with Crippen molar-refractivity contribution in [2.45, 2.75) is 66.5 Å². The fraction of sp³-hybridized carbons (Fsp3) is 0.345. The molecule has 2 N–H and O–H groups in total. The zero-order valence-corrected chi connectivity index (χ0v) is 23.0. The minimum absolute atomic E-state index is 0.0794. The van der Waals surface area contributed by atoms with Gasteiger partial charge in [0.25, 0.3) is 15.6 Å². The summed E-state index contributed by atoms with van der Waals surface area (Å²) in [5.74, 6) is -1.15. The van der Waals surface area contributed by atoms with Gasteiger partial charge in [-0.1, -0.05) is 42.5 Å². The number of benzene rings is 3. The van der Waals surface area contributed by atoms with Gasteiger partial charge < -0.3 is 10.4 Å². The lowest BCUT2D eigenvalue weighted by atomic mass is 9.87. The van der Waals surface area contributed by atoms with Gasteiger partial charge in [0, 0.05) is 23.9 Å². The average Bonchev–Trinajstić information content (AvgIpc) is 3.70. The predicted octanol–water partition coefficient (Wildman–Crippen LogP) is 5.71. The van der Waals surface area contributed by atoms with Crippen LogP contribution < -0.4 is 9.62 Å². The van der Waals surface area contributed by atoms with Gasteiger partial charge >= 0.3 is 12.4 Å². The average molecular weight is 631 g/mol. The standard InChI is InChI=1S/C29H25F7N2O4S/c30-20-8-11-22(12-9-20)43(41,42)38-21(15-26(39)37-24-16-23(24)17-4-2-1-3-5-17)10-6-18-14-19(7-13-25(18)38)27(40,28(31,32)33)29(34,35)36/h1-5,7-9,11-14,21,23-24,40H,6,10,15-16H2,(H,37,39). The molecule has 3 aromatic rings. The Balaban J connectivity index is 1.48.